The molecule has 0 aliphatic carbocycles. The van der Waals surface area contributed by atoms with Crippen LogP contribution in [-0.4, -0.2) is 42.6 Å². The molecule has 2 heterocycles. The van der Waals surface area contributed by atoms with Crippen molar-refractivity contribution in [3.8, 4) is 0 Å². The lowest BCUT2D eigenvalue weighted by Crippen LogP contribution is -2.37. The molecule has 0 spiro atoms. The molecule has 0 bridgehead atoms. The molecule has 1 saturated heterocycles. The van der Waals surface area contributed by atoms with Crippen LogP contribution in [0.2, 0.25) is 0 Å². The van der Waals surface area contributed by atoms with Gasteiger partial charge < -0.3 is 4.84 Å². The molecule has 0 unspecified atom stereocenters. The van der Waals surface area contributed by atoms with Crippen LogP contribution in [0.15, 0.2) is 34.3 Å². The lowest BCUT2D eigenvalue weighted by Gasteiger charge is -2.33. The molecule has 1 atom stereocenters. The Kier molecular flexibility index (Phi) is 5.64. The third-order valence-electron chi connectivity index (χ3n) is 4.76. The van der Waals surface area contributed by atoms with E-state index in [0.717, 1.165) is 54.7 Å². The number of halogens is 4. The summed E-state index contributed by atoms with van der Waals surface area (Å²) in [5.41, 5.74) is -4.50. The number of hydrogen-bond donors (Lipinski definition) is 0. The van der Waals surface area contributed by atoms with E-state index in [1.54, 1.807) is 0 Å². The maximum absolute atomic E-state index is 12.6. The van der Waals surface area contributed by atoms with Crippen molar-refractivity contribution in [2.45, 2.75) is 42.3 Å². The normalized spacial score (nSPS) is 22.9. The molecule has 144 valence electrons. The number of nitrogens with zero attached hydrogens (tertiary/aromatic N) is 2. The first-order valence-electron chi connectivity index (χ1n) is 8.17. The first-order chi connectivity index (χ1) is 12.2. The van der Waals surface area contributed by atoms with E-state index in [2.05, 4.69) is 26.0 Å². The highest BCUT2D eigenvalue weighted by atomic mass is 79.9. The Morgan fingerprint density at radius 2 is 1.81 bits per heavy atom. The number of likely N-dealkylation sites (tertiary alicyclic amines) is 1. The largest absolute Gasteiger partial charge is 0.501 e. The van der Waals surface area contributed by atoms with Gasteiger partial charge in [-0.2, -0.15) is 13.2 Å². The minimum atomic E-state index is -5.29. The molecule has 1 aromatic rings. The average molecular weight is 455 g/mol. The smallest absolute Gasteiger partial charge is 0.391 e. The highest BCUT2D eigenvalue weighted by Crippen LogP contribution is 2.31. The first-order valence-corrected chi connectivity index (χ1v) is 10.5. The molecule has 26 heavy (non-hydrogen) atoms. The van der Waals surface area contributed by atoms with Gasteiger partial charge in [-0.25, -0.2) is 8.42 Å². The fraction of sp³-hybridized carbons (Fsp3) is 0.562. The lowest BCUT2D eigenvalue weighted by molar-refractivity contribution is -0.0436. The van der Waals surface area contributed by atoms with Crippen LogP contribution >= 0.6 is 15.9 Å². The van der Waals surface area contributed by atoms with Crippen LogP contribution < -0.4 is 0 Å². The van der Waals surface area contributed by atoms with Crippen LogP contribution in [-0.2, 0) is 21.2 Å². The summed E-state index contributed by atoms with van der Waals surface area (Å²) in [5, 5.41) is 3.92. The zero-order chi connectivity index (χ0) is 18.9. The quantitative estimate of drug-likeness (QED) is 0.695. The van der Waals surface area contributed by atoms with Crippen molar-refractivity contribution in [1.82, 2.24) is 4.90 Å². The van der Waals surface area contributed by atoms with Crippen LogP contribution in [0, 0.1) is 5.92 Å². The van der Waals surface area contributed by atoms with Gasteiger partial charge in [-0.15, -0.1) is 0 Å². The van der Waals surface area contributed by atoms with Gasteiger partial charge in [0.15, 0.2) is 0 Å². The first kappa shape index (κ1) is 19.6. The molecule has 1 aromatic carbocycles. The van der Waals surface area contributed by atoms with Gasteiger partial charge in [0.25, 0.3) is 9.84 Å². The number of sulfone groups is 1. The second-order valence-electron chi connectivity index (χ2n) is 6.52. The number of alkyl halides is 3. The molecule has 0 aromatic heterocycles. The van der Waals surface area contributed by atoms with Gasteiger partial charge >= 0.3 is 5.51 Å². The maximum atomic E-state index is 12.6. The van der Waals surface area contributed by atoms with Gasteiger partial charge in [0.1, 0.15) is 10.7 Å². The number of rotatable bonds is 4. The van der Waals surface area contributed by atoms with Crippen LogP contribution in [0.4, 0.5) is 13.2 Å². The van der Waals surface area contributed by atoms with Crippen LogP contribution in [0.1, 0.15) is 24.8 Å². The van der Waals surface area contributed by atoms with Gasteiger partial charge in [-0.1, -0.05) is 17.3 Å². The van der Waals surface area contributed by atoms with Crippen molar-refractivity contribution in [3.05, 3.63) is 29.8 Å². The SMILES string of the molecule is O=S(=O)(c1ccc(CN2CCC([C@H]3CC(Br)=NO3)CC2)cc1)C(F)(F)F. The second-order valence-corrected chi connectivity index (χ2v) is 9.38. The van der Waals surface area contributed by atoms with Gasteiger partial charge in [0.05, 0.1) is 4.90 Å². The van der Waals surface area contributed by atoms with E-state index >= 15 is 0 Å². The zero-order valence-electron chi connectivity index (χ0n) is 13.7. The van der Waals surface area contributed by atoms with Gasteiger partial charge in [0.2, 0.25) is 0 Å². The van der Waals surface area contributed by atoms with E-state index in [0.29, 0.717) is 12.5 Å². The van der Waals surface area contributed by atoms with E-state index in [4.69, 9.17) is 4.84 Å². The number of piperidine rings is 1. The van der Waals surface area contributed by atoms with Crippen LogP contribution in [0.5, 0.6) is 0 Å². The van der Waals surface area contributed by atoms with Gasteiger partial charge in [-0.3, -0.25) is 4.90 Å². The summed E-state index contributed by atoms with van der Waals surface area (Å²) in [6.45, 7) is 2.28. The highest BCUT2D eigenvalue weighted by molar-refractivity contribution is 9.18. The third-order valence-corrected chi connectivity index (χ3v) is 6.73. The van der Waals surface area contributed by atoms with Crippen LogP contribution in [0.25, 0.3) is 0 Å². The minimum Gasteiger partial charge on any atom is -0.391 e. The zero-order valence-corrected chi connectivity index (χ0v) is 16.1. The standard InChI is InChI=1S/C16H18BrF3N2O3S/c17-15-9-14(25-21-15)12-5-7-22(8-6-12)10-11-1-3-13(4-2-11)26(23,24)16(18,19)20/h1-4,12,14H,5-10H2/t14-/m1/s1. The predicted octanol–water partition coefficient (Wildman–Crippen LogP) is 3.69. The van der Waals surface area contributed by atoms with Crippen molar-refractivity contribution < 1.29 is 26.4 Å². The van der Waals surface area contributed by atoms with Gasteiger partial charge in [0, 0.05) is 18.9 Å². The van der Waals surface area contributed by atoms with Crippen molar-refractivity contribution >= 4 is 30.4 Å². The Hall–Kier alpha value is -1.13. The maximum Gasteiger partial charge on any atom is 0.501 e. The Bertz CT molecular complexity index is 773. The Labute approximate surface area is 158 Å². The Morgan fingerprint density at radius 3 is 2.31 bits per heavy atom. The van der Waals surface area contributed by atoms with E-state index in [9.17, 15) is 21.6 Å². The summed E-state index contributed by atoms with van der Waals surface area (Å²) < 4.78 is 61.3. The second kappa shape index (κ2) is 7.47. The minimum absolute atomic E-state index is 0.110. The summed E-state index contributed by atoms with van der Waals surface area (Å²) in [4.78, 5) is 6.88. The summed E-state index contributed by atoms with van der Waals surface area (Å²) in [7, 11) is -5.29. The van der Waals surface area contributed by atoms with Crippen molar-refractivity contribution in [1.29, 1.82) is 0 Å². The Morgan fingerprint density at radius 1 is 1.19 bits per heavy atom. The fourth-order valence-electron chi connectivity index (χ4n) is 3.27. The van der Waals surface area contributed by atoms with E-state index in [1.807, 2.05) is 0 Å². The molecule has 2 aliphatic rings. The topological polar surface area (TPSA) is 59.0 Å². The number of hydrogen-bond acceptors (Lipinski definition) is 5. The molecule has 1 fully saturated rings. The monoisotopic (exact) mass is 454 g/mol. The number of oxime groups is 1. The van der Waals surface area contributed by atoms with Crippen LogP contribution in [0.3, 0.4) is 0 Å². The fourth-order valence-corrected chi connectivity index (χ4v) is 4.43. The molecule has 5 nitrogen and oxygen atoms in total. The van der Waals surface area contributed by atoms with E-state index < -0.39 is 20.2 Å². The molecular formula is C16H18BrF3N2O3S. The summed E-state index contributed by atoms with van der Waals surface area (Å²) in [6, 6.07) is 4.92. The average Bonchev–Trinajstić information content (AvgIpc) is 3.01. The third kappa shape index (κ3) is 4.23. The highest BCUT2D eigenvalue weighted by Gasteiger charge is 2.46. The molecular weight excluding hydrogens is 437 g/mol. The summed E-state index contributed by atoms with van der Waals surface area (Å²) in [6.07, 6.45) is 2.82. The molecule has 10 heteroatoms. The molecule has 0 saturated carbocycles. The Balaban J connectivity index is 1.54. The van der Waals surface area contributed by atoms with Crippen molar-refractivity contribution in [3.63, 3.8) is 0 Å². The molecule has 0 amide bonds. The van der Waals surface area contributed by atoms with Crippen molar-refractivity contribution in [2.75, 3.05) is 13.1 Å². The number of benzene rings is 1. The van der Waals surface area contributed by atoms with E-state index in [1.165, 1.54) is 12.1 Å². The molecule has 3 rings (SSSR count). The lowest BCUT2D eigenvalue weighted by atomic mass is 9.90. The van der Waals surface area contributed by atoms with E-state index in [-0.39, 0.29) is 6.10 Å². The molecule has 2 aliphatic heterocycles. The predicted molar refractivity (Wildman–Crippen MR) is 93.5 cm³/mol. The summed E-state index contributed by atoms with van der Waals surface area (Å²) >= 11 is 3.33. The molecule has 0 radical (unpaired) electrons. The van der Waals surface area contributed by atoms with Gasteiger partial charge in [-0.05, 0) is 59.6 Å². The summed E-state index contributed by atoms with van der Waals surface area (Å²) in [5.74, 6) is 0.435. The van der Waals surface area contributed by atoms with Crippen molar-refractivity contribution in [2.24, 2.45) is 11.1 Å². The molecule has 0 N–H and O–H groups in total.